The molecule has 0 atom stereocenters. The topological polar surface area (TPSA) is 0 Å². The van der Waals surface area contributed by atoms with Crippen molar-refractivity contribution in [3.63, 3.8) is 0 Å². The molecule has 24 valence electrons. The Balaban J connectivity index is -0.00000000500. The zero-order valence-electron chi connectivity index (χ0n) is 2.42. The van der Waals surface area contributed by atoms with Gasteiger partial charge in [0.15, 0.2) is 0 Å². The summed E-state index contributed by atoms with van der Waals surface area (Å²) in [6.07, 6.45) is 0. The Morgan fingerprint density at radius 3 is 1.25 bits per heavy atom. The van der Waals surface area contributed by atoms with E-state index in [1.165, 1.54) is 0 Å². The Labute approximate surface area is 65.6 Å². The summed E-state index contributed by atoms with van der Waals surface area (Å²) < 4.78 is 0. The maximum atomic E-state index is 4.21. The van der Waals surface area contributed by atoms with E-state index < -0.39 is 0 Å². The monoisotopic (exact) mass is 322 g/mol. The van der Waals surface area contributed by atoms with E-state index in [4.69, 9.17) is 0 Å². The molecule has 0 spiro atoms. The van der Waals surface area contributed by atoms with Crippen molar-refractivity contribution in [3.05, 3.63) is 0 Å². The molecule has 2 radical (unpaired) electrons. The van der Waals surface area contributed by atoms with Crippen LogP contribution in [0.4, 0.5) is 0 Å². The van der Waals surface area contributed by atoms with Crippen LogP contribution in [0.25, 0.3) is 0 Å². The van der Waals surface area contributed by atoms with E-state index in [0.29, 0.717) is 0 Å². The van der Waals surface area contributed by atoms with Crippen molar-refractivity contribution in [2.75, 3.05) is 0 Å². The fourth-order valence-corrected chi connectivity index (χ4v) is 0. The molecule has 0 N–H and O–H groups in total. The van der Waals surface area contributed by atoms with Crippen molar-refractivity contribution >= 4 is 27.5 Å². The molecule has 0 aliphatic heterocycles. The molecule has 0 amide bonds. The molecule has 4 heteroatoms. The second-order valence-electron chi connectivity index (χ2n) is 0. The van der Waals surface area contributed by atoms with Gasteiger partial charge in [0, 0.05) is 22.4 Å². The first-order valence-corrected chi connectivity index (χ1v) is 4.50. The first-order valence-electron chi connectivity index (χ1n) is 0.289. The van der Waals surface area contributed by atoms with Gasteiger partial charge in [0.1, 0.15) is 17.4 Å². The van der Waals surface area contributed by atoms with Gasteiger partial charge in [-0.3, -0.25) is 0 Å². The summed E-state index contributed by atoms with van der Waals surface area (Å²) in [6.45, 7) is 0. The van der Waals surface area contributed by atoms with Crippen molar-refractivity contribution < 1.29 is 38.9 Å². The molecule has 0 aliphatic rings. The SMILES string of the molecule is [AlH2].[Au].[S]=[Zn]. The van der Waals surface area contributed by atoms with Crippen LogP contribution in [0.2, 0.25) is 0 Å². The van der Waals surface area contributed by atoms with Gasteiger partial charge in [-0.25, -0.2) is 0 Å². The van der Waals surface area contributed by atoms with Crippen LogP contribution in [-0.2, 0) is 38.9 Å². The molecule has 0 nitrogen and oxygen atoms in total. The van der Waals surface area contributed by atoms with Crippen LogP contribution < -0.4 is 0 Å². The molecular formula is H2AlAuSZn. The van der Waals surface area contributed by atoms with Gasteiger partial charge in [0.05, 0.1) is 0 Å². The quantitative estimate of drug-likeness (QED) is 0.553. The fraction of sp³-hybridized carbons (Fsp3) is 0. The number of rotatable bonds is 0. The average molecular weight is 323 g/mol. The van der Waals surface area contributed by atoms with Crippen molar-refractivity contribution in [1.82, 2.24) is 0 Å². The molecule has 0 aromatic carbocycles. The first kappa shape index (κ1) is 16.5. The van der Waals surface area contributed by atoms with E-state index in [-0.39, 0.29) is 39.7 Å². The van der Waals surface area contributed by atoms with E-state index in [1.54, 1.807) is 0 Å². The zero-order valence-corrected chi connectivity index (χ0v) is 10.4. The Morgan fingerprint density at radius 2 is 1.25 bits per heavy atom. The Kier molecular flexibility index (Phi) is 79.8. The molecule has 0 aromatic heterocycles. The van der Waals surface area contributed by atoms with Gasteiger partial charge in [0.25, 0.3) is 0 Å². The van der Waals surface area contributed by atoms with Gasteiger partial charge in [-0.2, -0.15) is 0 Å². The van der Waals surface area contributed by atoms with Gasteiger partial charge in [-0.05, 0) is 0 Å². The summed E-state index contributed by atoms with van der Waals surface area (Å²) in [5.74, 6) is 0. The second kappa shape index (κ2) is 19.4. The van der Waals surface area contributed by atoms with Gasteiger partial charge < -0.3 is 0 Å². The van der Waals surface area contributed by atoms with Crippen LogP contribution >= 0.6 is 10.1 Å². The van der Waals surface area contributed by atoms with Crippen LogP contribution in [-0.4, -0.2) is 17.4 Å². The average Bonchev–Trinajstić information content (AvgIpc) is 1.00. The number of hydrogen-bond acceptors (Lipinski definition) is 1. The van der Waals surface area contributed by atoms with Crippen LogP contribution in [0.5, 0.6) is 0 Å². The third kappa shape index (κ3) is 8.93. The Morgan fingerprint density at radius 1 is 1.25 bits per heavy atom. The molecule has 0 aromatic rings. The van der Waals surface area contributed by atoms with E-state index in [9.17, 15) is 0 Å². The van der Waals surface area contributed by atoms with Crippen molar-refractivity contribution in [3.8, 4) is 0 Å². The maximum absolute atomic E-state index is 4.21. The first-order chi connectivity index (χ1) is 1.00. The second-order valence-corrected chi connectivity index (χ2v) is 0. The molecule has 0 heterocycles. The van der Waals surface area contributed by atoms with E-state index in [1.807, 2.05) is 0 Å². The van der Waals surface area contributed by atoms with Gasteiger partial charge in [0.2, 0.25) is 0 Å². The summed E-state index contributed by atoms with van der Waals surface area (Å²) >= 11 is 0.958. The summed E-state index contributed by atoms with van der Waals surface area (Å²) in [5.41, 5.74) is 0. The van der Waals surface area contributed by atoms with Crippen LogP contribution in [0.15, 0.2) is 0 Å². The molecule has 0 saturated heterocycles. The predicted molar refractivity (Wildman–Crippen MR) is 16.1 cm³/mol. The minimum absolute atomic E-state index is 0. The standard InChI is InChI=1S/Al.Au.S.Zn.2H. The van der Waals surface area contributed by atoms with Crippen molar-refractivity contribution in [2.45, 2.75) is 0 Å². The fourth-order valence-electron chi connectivity index (χ4n) is 0. The van der Waals surface area contributed by atoms with E-state index >= 15 is 0 Å². The van der Waals surface area contributed by atoms with Gasteiger partial charge >= 0.3 is 26.7 Å². The van der Waals surface area contributed by atoms with E-state index in [0.717, 1.165) is 16.6 Å². The van der Waals surface area contributed by atoms with Crippen molar-refractivity contribution in [2.24, 2.45) is 0 Å². The normalized spacial score (nSPS) is 1.50. The van der Waals surface area contributed by atoms with E-state index in [2.05, 4.69) is 10.1 Å². The van der Waals surface area contributed by atoms with Crippen LogP contribution in [0.3, 0.4) is 0 Å². The summed E-state index contributed by atoms with van der Waals surface area (Å²) in [4.78, 5) is 0. The molecule has 0 bridgehead atoms. The summed E-state index contributed by atoms with van der Waals surface area (Å²) in [5, 5.41) is 0. The molecular weight excluding hydrogens is 321 g/mol. The van der Waals surface area contributed by atoms with Crippen molar-refractivity contribution in [1.29, 1.82) is 0 Å². The number of hydrogen-bond donors (Lipinski definition) is 0. The molecule has 0 saturated carbocycles. The summed E-state index contributed by atoms with van der Waals surface area (Å²) in [7, 11) is 4.21. The predicted octanol–water partition coefficient (Wildman–Crippen LogP) is -0.273. The molecule has 4 heavy (non-hydrogen) atoms. The summed E-state index contributed by atoms with van der Waals surface area (Å²) in [6, 6.07) is 0. The third-order valence-corrected chi connectivity index (χ3v) is 0. The van der Waals surface area contributed by atoms with Gasteiger partial charge in [-0.1, -0.05) is 0 Å². The molecule has 0 fully saturated rings. The Hall–Kier alpha value is 2.12. The Bertz CT molecular complexity index is 8.00. The van der Waals surface area contributed by atoms with Crippen LogP contribution in [0.1, 0.15) is 0 Å². The zero-order chi connectivity index (χ0) is 2.00. The molecule has 0 aliphatic carbocycles. The van der Waals surface area contributed by atoms with Crippen LogP contribution in [0, 0.1) is 0 Å². The van der Waals surface area contributed by atoms with Gasteiger partial charge in [-0.15, -0.1) is 0 Å². The minimum atomic E-state index is 0. The third-order valence-electron chi connectivity index (χ3n) is 0. The molecule has 0 rings (SSSR count). The molecule has 0 unspecified atom stereocenters.